The predicted molar refractivity (Wildman–Crippen MR) is 92.9 cm³/mol. The fraction of sp³-hybridized carbons (Fsp3) is 0.706. The highest BCUT2D eigenvalue weighted by molar-refractivity contribution is 5.83. The number of piperidine rings is 2. The van der Waals surface area contributed by atoms with E-state index in [1.165, 1.54) is 0 Å². The van der Waals surface area contributed by atoms with Gasteiger partial charge in [0.25, 0.3) is 0 Å². The Bertz CT molecular complexity index is 598. The number of likely N-dealkylation sites (N-methyl/N-ethyl adjacent to an activating group) is 1. The second kappa shape index (κ2) is 6.55. The first-order chi connectivity index (χ1) is 11.4. The lowest BCUT2D eigenvalue weighted by Crippen LogP contribution is -2.56. The Hall–Kier alpha value is -1.89. The molecular weight excluding hydrogens is 306 g/mol. The van der Waals surface area contributed by atoms with Crippen molar-refractivity contribution in [3.63, 3.8) is 0 Å². The number of likely N-dealkylation sites (tertiary alicyclic amines) is 1. The van der Waals surface area contributed by atoms with Crippen LogP contribution in [0.5, 0.6) is 0 Å². The molecule has 7 nitrogen and oxygen atoms in total. The molecule has 2 fully saturated rings. The zero-order valence-electron chi connectivity index (χ0n) is 14.7. The number of anilines is 2. The molecule has 1 unspecified atom stereocenters. The molecule has 0 aromatic carbocycles. The van der Waals surface area contributed by atoms with E-state index in [1.54, 1.807) is 18.3 Å². The van der Waals surface area contributed by atoms with Crippen molar-refractivity contribution in [2.75, 3.05) is 36.9 Å². The largest absolute Gasteiger partial charge is 0.391 e. The van der Waals surface area contributed by atoms with E-state index in [4.69, 9.17) is 0 Å². The molecule has 0 aliphatic carbocycles. The van der Waals surface area contributed by atoms with Crippen LogP contribution in [0.15, 0.2) is 12.4 Å². The molecule has 24 heavy (non-hydrogen) atoms. The summed E-state index contributed by atoms with van der Waals surface area (Å²) in [6.45, 7) is 6.13. The standard InChI is InChI=1S/C17H27N5O2/c1-12(2)20-14-8-15(19-11-18-14)22-6-4-17(5-7-22)9-13(23)10-21(3)16(17)24/h8,11-13,23H,4-7,9-10H2,1-3H3,(H,18,19,20). The van der Waals surface area contributed by atoms with Crippen LogP contribution in [-0.4, -0.2) is 64.7 Å². The molecule has 2 saturated heterocycles. The van der Waals surface area contributed by atoms with Crippen LogP contribution in [0.4, 0.5) is 11.6 Å². The van der Waals surface area contributed by atoms with Gasteiger partial charge >= 0.3 is 0 Å². The Morgan fingerprint density at radius 2 is 2.04 bits per heavy atom. The summed E-state index contributed by atoms with van der Waals surface area (Å²) in [5.41, 5.74) is -0.408. The van der Waals surface area contributed by atoms with Crippen molar-refractivity contribution in [2.24, 2.45) is 5.41 Å². The smallest absolute Gasteiger partial charge is 0.228 e. The van der Waals surface area contributed by atoms with Crippen LogP contribution >= 0.6 is 0 Å². The van der Waals surface area contributed by atoms with Gasteiger partial charge in [-0.15, -0.1) is 0 Å². The van der Waals surface area contributed by atoms with Crippen LogP contribution in [0, 0.1) is 5.41 Å². The number of nitrogens with one attached hydrogen (secondary N) is 1. The van der Waals surface area contributed by atoms with Crippen LogP contribution in [0.2, 0.25) is 0 Å². The van der Waals surface area contributed by atoms with E-state index in [9.17, 15) is 9.90 Å². The van der Waals surface area contributed by atoms with Gasteiger partial charge in [0.05, 0.1) is 11.5 Å². The average Bonchev–Trinajstić information content (AvgIpc) is 2.53. The van der Waals surface area contributed by atoms with Crippen LogP contribution in [0.25, 0.3) is 0 Å². The highest BCUT2D eigenvalue weighted by atomic mass is 16.3. The highest BCUT2D eigenvalue weighted by Crippen LogP contribution is 2.41. The third-order valence-electron chi connectivity index (χ3n) is 5.05. The summed E-state index contributed by atoms with van der Waals surface area (Å²) in [5, 5.41) is 13.4. The fourth-order valence-electron chi connectivity index (χ4n) is 3.88. The van der Waals surface area contributed by atoms with Crippen LogP contribution in [-0.2, 0) is 4.79 Å². The number of nitrogens with zero attached hydrogens (tertiary/aromatic N) is 4. The van der Waals surface area contributed by atoms with E-state index in [1.807, 2.05) is 6.07 Å². The summed E-state index contributed by atoms with van der Waals surface area (Å²) in [5.74, 6) is 1.89. The first-order valence-corrected chi connectivity index (χ1v) is 8.67. The number of β-amino-alcohol motifs (C(OH)–C–C–N with tert-alkyl or cyclic N) is 1. The molecule has 1 aromatic heterocycles. The van der Waals surface area contributed by atoms with E-state index < -0.39 is 11.5 Å². The van der Waals surface area contributed by atoms with E-state index >= 15 is 0 Å². The summed E-state index contributed by atoms with van der Waals surface area (Å²) in [7, 11) is 1.78. The Morgan fingerprint density at radius 3 is 2.71 bits per heavy atom. The number of rotatable bonds is 3. The highest BCUT2D eigenvalue weighted by Gasteiger charge is 2.47. The minimum Gasteiger partial charge on any atom is -0.391 e. The normalized spacial score (nSPS) is 23.9. The molecule has 0 radical (unpaired) electrons. The van der Waals surface area contributed by atoms with Gasteiger partial charge in [-0.05, 0) is 33.1 Å². The third-order valence-corrected chi connectivity index (χ3v) is 5.05. The van der Waals surface area contributed by atoms with Gasteiger partial charge in [-0.1, -0.05) is 0 Å². The zero-order valence-corrected chi connectivity index (χ0v) is 14.7. The quantitative estimate of drug-likeness (QED) is 0.862. The number of carbonyl (C=O) groups is 1. The van der Waals surface area contributed by atoms with Crippen LogP contribution in [0.3, 0.4) is 0 Å². The SMILES string of the molecule is CC(C)Nc1cc(N2CCC3(CC2)CC(O)CN(C)C3=O)ncn1. The Morgan fingerprint density at radius 1 is 1.33 bits per heavy atom. The van der Waals surface area contributed by atoms with Gasteiger partial charge in [-0.2, -0.15) is 0 Å². The molecule has 3 heterocycles. The summed E-state index contributed by atoms with van der Waals surface area (Å²) < 4.78 is 0. The van der Waals surface area contributed by atoms with Crippen LogP contribution in [0.1, 0.15) is 33.1 Å². The summed E-state index contributed by atoms with van der Waals surface area (Å²) in [4.78, 5) is 25.1. The van der Waals surface area contributed by atoms with Gasteiger partial charge in [-0.25, -0.2) is 9.97 Å². The second-order valence-corrected chi connectivity index (χ2v) is 7.37. The van der Waals surface area contributed by atoms with E-state index in [2.05, 4.69) is 34.0 Å². The number of carbonyl (C=O) groups excluding carboxylic acids is 1. The predicted octanol–water partition coefficient (Wildman–Crippen LogP) is 1.11. The zero-order chi connectivity index (χ0) is 17.3. The number of hydrogen-bond donors (Lipinski definition) is 2. The molecule has 132 valence electrons. The molecule has 7 heteroatoms. The Balaban J connectivity index is 1.70. The summed E-state index contributed by atoms with van der Waals surface area (Å²) in [6, 6.07) is 2.27. The Kier molecular flexibility index (Phi) is 4.62. The van der Waals surface area contributed by atoms with Gasteiger partial charge < -0.3 is 20.2 Å². The van der Waals surface area contributed by atoms with Crippen molar-refractivity contribution in [3.8, 4) is 0 Å². The molecule has 1 spiro atoms. The van der Waals surface area contributed by atoms with Crippen molar-refractivity contribution in [3.05, 3.63) is 12.4 Å². The molecule has 2 aliphatic heterocycles. The van der Waals surface area contributed by atoms with Gasteiger partial charge in [0.2, 0.25) is 5.91 Å². The minimum absolute atomic E-state index is 0.178. The van der Waals surface area contributed by atoms with E-state index in [0.29, 0.717) is 19.0 Å². The molecule has 1 amide bonds. The van der Waals surface area contributed by atoms with Crippen molar-refractivity contribution < 1.29 is 9.90 Å². The van der Waals surface area contributed by atoms with E-state index in [-0.39, 0.29) is 5.91 Å². The molecule has 0 bridgehead atoms. The minimum atomic E-state index is -0.417. The number of aliphatic hydroxyl groups excluding tert-OH is 1. The molecule has 0 saturated carbocycles. The first-order valence-electron chi connectivity index (χ1n) is 8.67. The van der Waals surface area contributed by atoms with Gasteiger partial charge in [0.1, 0.15) is 18.0 Å². The molecule has 3 rings (SSSR count). The van der Waals surface area contributed by atoms with Crippen LogP contribution < -0.4 is 10.2 Å². The fourth-order valence-corrected chi connectivity index (χ4v) is 3.88. The number of amides is 1. The maximum Gasteiger partial charge on any atom is 0.228 e. The van der Waals surface area contributed by atoms with Crippen molar-refractivity contribution in [2.45, 2.75) is 45.3 Å². The topological polar surface area (TPSA) is 81.6 Å². The lowest BCUT2D eigenvalue weighted by molar-refractivity contribution is -0.152. The molecule has 1 atom stereocenters. The summed E-state index contributed by atoms with van der Waals surface area (Å²) in [6.07, 6.45) is 3.25. The maximum atomic E-state index is 12.6. The Labute approximate surface area is 143 Å². The molecule has 1 aromatic rings. The lowest BCUT2D eigenvalue weighted by Gasteiger charge is -2.47. The third kappa shape index (κ3) is 3.31. The number of hydrogen-bond acceptors (Lipinski definition) is 6. The molecule has 2 N–H and O–H groups in total. The number of aromatic nitrogens is 2. The van der Waals surface area contributed by atoms with Gasteiger partial charge in [0, 0.05) is 38.8 Å². The van der Waals surface area contributed by atoms with Crippen molar-refractivity contribution >= 4 is 17.5 Å². The second-order valence-electron chi connectivity index (χ2n) is 7.37. The number of aliphatic hydroxyl groups is 1. The van der Waals surface area contributed by atoms with E-state index in [0.717, 1.165) is 37.6 Å². The first kappa shape index (κ1) is 17.0. The van der Waals surface area contributed by atoms with Crippen molar-refractivity contribution in [1.29, 1.82) is 0 Å². The monoisotopic (exact) mass is 333 g/mol. The molecular formula is C17H27N5O2. The molecule has 2 aliphatic rings. The van der Waals surface area contributed by atoms with Gasteiger partial charge in [-0.3, -0.25) is 4.79 Å². The van der Waals surface area contributed by atoms with Crippen molar-refractivity contribution in [1.82, 2.24) is 14.9 Å². The summed E-state index contributed by atoms with van der Waals surface area (Å²) >= 11 is 0. The average molecular weight is 333 g/mol. The van der Waals surface area contributed by atoms with Gasteiger partial charge in [0.15, 0.2) is 0 Å². The maximum absolute atomic E-state index is 12.6. The lowest BCUT2D eigenvalue weighted by atomic mass is 9.71.